The summed E-state index contributed by atoms with van der Waals surface area (Å²) in [6.45, 7) is -0.521. The summed E-state index contributed by atoms with van der Waals surface area (Å²) in [4.78, 5) is 29.5. The number of nitrogens with zero attached hydrogens (tertiary/aromatic N) is 3. The van der Waals surface area contributed by atoms with E-state index in [1.165, 1.54) is 31.1 Å². The molecule has 2 amide bonds. The molecule has 1 N–H and O–H groups in total. The average Bonchev–Trinajstić information content (AvgIpc) is 3.48. The molecule has 41 heavy (non-hydrogen) atoms. The Balaban J connectivity index is 1.73. The fourth-order valence-electron chi connectivity index (χ4n) is 5.02. The van der Waals surface area contributed by atoms with Crippen LogP contribution in [-0.2, 0) is 32.8 Å². The van der Waals surface area contributed by atoms with E-state index in [1.54, 1.807) is 42.5 Å². The van der Waals surface area contributed by atoms with E-state index < -0.39 is 34.5 Å². The zero-order chi connectivity index (χ0) is 29.4. The van der Waals surface area contributed by atoms with Crippen LogP contribution in [0.4, 0.5) is 10.1 Å². The molecule has 0 aliphatic heterocycles. The molecule has 4 rings (SSSR count). The Hall–Kier alpha value is -3.76. The Morgan fingerprint density at radius 3 is 2.05 bits per heavy atom. The van der Waals surface area contributed by atoms with Crippen LogP contribution in [0.25, 0.3) is 0 Å². The maximum Gasteiger partial charge on any atom is 0.304 e. The van der Waals surface area contributed by atoms with Crippen LogP contribution < -0.4 is 9.62 Å². The second-order valence-electron chi connectivity index (χ2n) is 10.5. The molecule has 1 saturated carbocycles. The summed E-state index contributed by atoms with van der Waals surface area (Å²) in [7, 11) is -1.25. The standard InChI is InChI=1S/C31H37FN4O4S/c1-34(2)41(39,40)36(28-15-7-4-8-16-28)23-30(37)35(22-25-17-19-26(32)20-18-25)29(21-24-11-5-3-6-12-24)31(38)33-27-13-9-10-14-27/h3-8,11-12,15-20,27,29H,9-10,13-14,21-23H2,1-2H3,(H,33,38)/t29-/m1/s1. The van der Waals surface area contributed by atoms with Crippen molar-refractivity contribution in [3.63, 3.8) is 0 Å². The van der Waals surface area contributed by atoms with Crippen LogP contribution >= 0.6 is 0 Å². The highest BCUT2D eigenvalue weighted by Crippen LogP contribution is 2.23. The van der Waals surface area contributed by atoms with E-state index in [1.807, 2.05) is 30.3 Å². The second kappa shape index (κ2) is 13.7. The summed E-state index contributed by atoms with van der Waals surface area (Å²) in [5, 5.41) is 3.13. The van der Waals surface area contributed by atoms with Crippen molar-refractivity contribution < 1.29 is 22.4 Å². The lowest BCUT2D eigenvalue weighted by atomic mass is 10.0. The van der Waals surface area contributed by atoms with E-state index in [0.717, 1.165) is 39.9 Å². The van der Waals surface area contributed by atoms with Crippen LogP contribution in [0.2, 0.25) is 0 Å². The fraction of sp³-hybridized carbons (Fsp3) is 0.355. The first-order valence-electron chi connectivity index (χ1n) is 13.8. The van der Waals surface area contributed by atoms with Crippen LogP contribution in [0.5, 0.6) is 0 Å². The Morgan fingerprint density at radius 2 is 1.46 bits per heavy atom. The molecule has 1 aliphatic rings. The van der Waals surface area contributed by atoms with Gasteiger partial charge in [-0.25, -0.2) is 8.70 Å². The summed E-state index contributed by atoms with van der Waals surface area (Å²) in [5.74, 6) is -1.26. The molecule has 0 unspecified atom stereocenters. The van der Waals surface area contributed by atoms with Crippen molar-refractivity contribution in [2.75, 3.05) is 24.9 Å². The normalized spacial score (nSPS) is 14.5. The van der Waals surface area contributed by atoms with Crippen molar-refractivity contribution >= 4 is 27.7 Å². The molecule has 0 spiro atoms. The summed E-state index contributed by atoms with van der Waals surface area (Å²) in [6.07, 6.45) is 4.04. The molecule has 3 aromatic rings. The van der Waals surface area contributed by atoms with Crippen molar-refractivity contribution in [3.05, 3.63) is 102 Å². The zero-order valence-electron chi connectivity index (χ0n) is 23.4. The Kier molecular flexibility index (Phi) is 10.1. The average molecular weight is 581 g/mol. The Morgan fingerprint density at radius 1 is 0.878 bits per heavy atom. The van der Waals surface area contributed by atoms with Crippen molar-refractivity contribution in [2.24, 2.45) is 0 Å². The molecule has 1 aliphatic carbocycles. The van der Waals surface area contributed by atoms with Gasteiger partial charge in [-0.2, -0.15) is 12.7 Å². The number of para-hydroxylation sites is 1. The smallest absolute Gasteiger partial charge is 0.304 e. The number of carbonyl (C=O) groups excluding carboxylic acids is 2. The first-order chi connectivity index (χ1) is 19.6. The lowest BCUT2D eigenvalue weighted by Gasteiger charge is -2.35. The molecular formula is C31H37FN4O4S. The molecule has 1 fully saturated rings. The van der Waals surface area contributed by atoms with E-state index in [-0.39, 0.29) is 24.9 Å². The minimum absolute atomic E-state index is 0.000653. The largest absolute Gasteiger partial charge is 0.352 e. The predicted octanol–water partition coefficient (Wildman–Crippen LogP) is 4.14. The number of hydrogen-bond donors (Lipinski definition) is 1. The molecule has 0 aromatic heterocycles. The number of benzene rings is 3. The van der Waals surface area contributed by atoms with Gasteiger partial charge in [-0.15, -0.1) is 0 Å². The van der Waals surface area contributed by atoms with Gasteiger partial charge in [-0.05, 0) is 48.2 Å². The Bertz CT molecular complexity index is 1400. The highest BCUT2D eigenvalue weighted by Gasteiger charge is 2.35. The van der Waals surface area contributed by atoms with Crippen molar-refractivity contribution in [1.82, 2.24) is 14.5 Å². The van der Waals surface area contributed by atoms with Crippen LogP contribution in [0, 0.1) is 5.82 Å². The monoisotopic (exact) mass is 580 g/mol. The SMILES string of the molecule is CN(C)S(=O)(=O)N(CC(=O)N(Cc1ccc(F)cc1)[C@H](Cc1ccccc1)C(=O)NC1CCCC1)c1ccccc1. The van der Waals surface area contributed by atoms with Crippen LogP contribution in [0.15, 0.2) is 84.9 Å². The molecule has 3 aromatic carbocycles. The van der Waals surface area contributed by atoms with Crippen LogP contribution in [0.3, 0.4) is 0 Å². The quantitative estimate of drug-likeness (QED) is 0.349. The lowest BCUT2D eigenvalue weighted by molar-refractivity contribution is -0.140. The third-order valence-electron chi connectivity index (χ3n) is 7.30. The Labute approximate surface area is 241 Å². The van der Waals surface area contributed by atoms with Crippen molar-refractivity contribution in [2.45, 2.75) is 50.7 Å². The number of hydrogen-bond acceptors (Lipinski definition) is 4. The van der Waals surface area contributed by atoms with Gasteiger partial charge < -0.3 is 10.2 Å². The first kappa shape index (κ1) is 30.2. The van der Waals surface area contributed by atoms with Gasteiger partial charge in [0.15, 0.2) is 0 Å². The van der Waals surface area contributed by atoms with Gasteiger partial charge in [-0.3, -0.25) is 9.59 Å². The number of amides is 2. The predicted molar refractivity (Wildman–Crippen MR) is 158 cm³/mol. The molecule has 1 atom stereocenters. The van der Waals surface area contributed by atoms with Gasteiger partial charge in [0.05, 0.1) is 5.69 Å². The highest BCUT2D eigenvalue weighted by atomic mass is 32.2. The number of carbonyl (C=O) groups is 2. The van der Waals surface area contributed by atoms with E-state index in [4.69, 9.17) is 0 Å². The summed E-state index contributed by atoms with van der Waals surface area (Å²) in [6, 6.07) is 22.6. The molecular weight excluding hydrogens is 543 g/mol. The van der Waals surface area contributed by atoms with Gasteiger partial charge in [0, 0.05) is 33.1 Å². The minimum atomic E-state index is -4.05. The van der Waals surface area contributed by atoms with Gasteiger partial charge >= 0.3 is 10.2 Å². The third-order valence-corrected chi connectivity index (χ3v) is 9.12. The van der Waals surface area contributed by atoms with Gasteiger partial charge in [0.25, 0.3) is 0 Å². The van der Waals surface area contributed by atoms with Gasteiger partial charge in [-0.1, -0.05) is 73.5 Å². The molecule has 0 radical (unpaired) electrons. The van der Waals surface area contributed by atoms with Gasteiger partial charge in [0.1, 0.15) is 18.4 Å². The summed E-state index contributed by atoms with van der Waals surface area (Å²) in [5.41, 5.74) is 1.80. The zero-order valence-corrected chi connectivity index (χ0v) is 24.3. The van der Waals surface area contributed by atoms with Crippen LogP contribution in [0.1, 0.15) is 36.8 Å². The van der Waals surface area contributed by atoms with Gasteiger partial charge in [0.2, 0.25) is 11.8 Å². The molecule has 218 valence electrons. The summed E-state index contributed by atoms with van der Waals surface area (Å²) < 4.78 is 42.6. The minimum Gasteiger partial charge on any atom is -0.352 e. The number of rotatable bonds is 12. The highest BCUT2D eigenvalue weighted by molar-refractivity contribution is 7.90. The molecule has 0 saturated heterocycles. The van der Waals surface area contributed by atoms with E-state index >= 15 is 0 Å². The maximum absolute atomic E-state index is 14.2. The maximum atomic E-state index is 14.2. The van der Waals surface area contributed by atoms with E-state index in [0.29, 0.717) is 11.3 Å². The number of nitrogens with one attached hydrogen (secondary N) is 1. The van der Waals surface area contributed by atoms with Crippen LogP contribution in [-0.4, -0.2) is 62.2 Å². The third kappa shape index (κ3) is 7.92. The topological polar surface area (TPSA) is 90.0 Å². The summed E-state index contributed by atoms with van der Waals surface area (Å²) >= 11 is 0. The molecule has 0 heterocycles. The van der Waals surface area contributed by atoms with E-state index in [9.17, 15) is 22.4 Å². The number of halogens is 1. The first-order valence-corrected chi connectivity index (χ1v) is 15.2. The van der Waals surface area contributed by atoms with E-state index in [2.05, 4.69) is 5.32 Å². The van der Waals surface area contributed by atoms with Crippen molar-refractivity contribution in [1.29, 1.82) is 0 Å². The number of anilines is 1. The fourth-order valence-corrected chi connectivity index (χ4v) is 6.08. The lowest BCUT2D eigenvalue weighted by Crippen LogP contribution is -2.55. The second-order valence-corrected chi connectivity index (χ2v) is 12.5. The molecule has 8 nitrogen and oxygen atoms in total. The van der Waals surface area contributed by atoms with Crippen molar-refractivity contribution in [3.8, 4) is 0 Å². The molecule has 10 heteroatoms. The molecule has 0 bridgehead atoms.